The van der Waals surface area contributed by atoms with Crippen molar-refractivity contribution in [2.75, 3.05) is 0 Å². The fraction of sp³-hybridized carbons (Fsp3) is 0.353. The molecule has 0 atom stereocenters. The minimum atomic E-state index is -0.0862. The molecule has 0 spiro atoms. The molecule has 2 aromatic rings. The Balaban J connectivity index is 2.39. The maximum Gasteiger partial charge on any atom is 0.131 e. The van der Waals surface area contributed by atoms with Gasteiger partial charge in [-0.1, -0.05) is 32.9 Å². The molecule has 1 heterocycles. The molecule has 106 valence electrons. The van der Waals surface area contributed by atoms with E-state index in [0.717, 1.165) is 16.9 Å². The monoisotopic (exact) mass is 271 g/mol. The first-order valence-corrected chi connectivity index (χ1v) is 6.75. The van der Waals surface area contributed by atoms with Crippen molar-refractivity contribution in [3.63, 3.8) is 0 Å². The van der Waals surface area contributed by atoms with Crippen molar-refractivity contribution in [1.29, 1.82) is 0 Å². The van der Waals surface area contributed by atoms with E-state index in [0.29, 0.717) is 11.4 Å². The van der Waals surface area contributed by atoms with Gasteiger partial charge in [0.2, 0.25) is 0 Å². The molecule has 0 saturated heterocycles. The van der Waals surface area contributed by atoms with Gasteiger partial charge in [-0.3, -0.25) is 4.98 Å². The Morgan fingerprint density at radius 2 is 1.90 bits per heavy atom. The third kappa shape index (κ3) is 3.36. The average molecular weight is 271 g/mol. The van der Waals surface area contributed by atoms with Gasteiger partial charge < -0.3 is 9.84 Å². The molecule has 20 heavy (non-hydrogen) atoms. The van der Waals surface area contributed by atoms with E-state index in [1.807, 2.05) is 13.0 Å². The number of hydrogen-bond acceptors (Lipinski definition) is 3. The molecule has 3 nitrogen and oxygen atoms in total. The summed E-state index contributed by atoms with van der Waals surface area (Å²) < 4.78 is 6.01. The number of ether oxygens (including phenoxy) is 1. The zero-order valence-electron chi connectivity index (χ0n) is 12.5. The summed E-state index contributed by atoms with van der Waals surface area (Å²) in [6, 6.07) is 9.81. The minimum absolute atomic E-state index is 0.00979. The Morgan fingerprint density at radius 1 is 1.15 bits per heavy atom. The molecule has 0 saturated carbocycles. The third-order valence-corrected chi connectivity index (χ3v) is 3.12. The zero-order chi connectivity index (χ0) is 14.8. The van der Waals surface area contributed by atoms with E-state index in [1.165, 1.54) is 0 Å². The van der Waals surface area contributed by atoms with Crippen LogP contribution in [0.15, 0.2) is 36.5 Å². The van der Waals surface area contributed by atoms with Crippen LogP contribution in [-0.4, -0.2) is 10.1 Å². The van der Waals surface area contributed by atoms with Crippen LogP contribution in [-0.2, 0) is 12.0 Å². The van der Waals surface area contributed by atoms with Crippen molar-refractivity contribution >= 4 is 0 Å². The van der Waals surface area contributed by atoms with E-state index in [9.17, 15) is 0 Å². The summed E-state index contributed by atoms with van der Waals surface area (Å²) in [6.45, 7) is 8.45. The molecule has 1 N–H and O–H groups in total. The van der Waals surface area contributed by atoms with Crippen molar-refractivity contribution in [3.8, 4) is 11.5 Å². The van der Waals surface area contributed by atoms with Crippen LogP contribution in [0.5, 0.6) is 11.5 Å². The third-order valence-electron chi connectivity index (χ3n) is 3.12. The summed E-state index contributed by atoms with van der Waals surface area (Å²) in [5, 5.41) is 9.14. The summed E-state index contributed by atoms with van der Waals surface area (Å²) in [6.07, 6.45) is 1.65. The fourth-order valence-electron chi connectivity index (χ4n) is 2.07. The highest BCUT2D eigenvalue weighted by Gasteiger charge is 2.19. The van der Waals surface area contributed by atoms with Gasteiger partial charge in [-0.2, -0.15) is 0 Å². The molecule has 3 heteroatoms. The first-order valence-electron chi connectivity index (χ1n) is 6.75. The van der Waals surface area contributed by atoms with Gasteiger partial charge in [0, 0.05) is 17.8 Å². The minimum Gasteiger partial charge on any atom is -0.457 e. The van der Waals surface area contributed by atoms with E-state index >= 15 is 0 Å². The van der Waals surface area contributed by atoms with E-state index in [4.69, 9.17) is 9.84 Å². The Kier molecular flexibility index (Phi) is 4.09. The van der Waals surface area contributed by atoms with Gasteiger partial charge in [0.15, 0.2) is 0 Å². The van der Waals surface area contributed by atoms with E-state index in [1.54, 1.807) is 18.3 Å². The van der Waals surface area contributed by atoms with Crippen molar-refractivity contribution in [3.05, 3.63) is 53.3 Å². The maximum atomic E-state index is 9.14. The van der Waals surface area contributed by atoms with Crippen molar-refractivity contribution < 1.29 is 9.84 Å². The zero-order valence-corrected chi connectivity index (χ0v) is 12.5. The number of aromatic nitrogens is 1. The average Bonchev–Trinajstić information content (AvgIpc) is 2.37. The van der Waals surface area contributed by atoms with Gasteiger partial charge >= 0.3 is 0 Å². The fourth-order valence-corrected chi connectivity index (χ4v) is 2.07. The highest BCUT2D eigenvalue weighted by molar-refractivity contribution is 5.44. The number of aliphatic hydroxyl groups is 1. The molecule has 0 fully saturated rings. The molecular weight excluding hydrogens is 250 g/mol. The van der Waals surface area contributed by atoms with Crippen molar-refractivity contribution in [1.82, 2.24) is 4.98 Å². The summed E-state index contributed by atoms with van der Waals surface area (Å²) in [5.74, 6) is 1.55. The number of benzene rings is 1. The van der Waals surface area contributed by atoms with Crippen LogP contribution in [0.4, 0.5) is 0 Å². The number of aliphatic hydroxyl groups excluding tert-OH is 1. The van der Waals surface area contributed by atoms with Crippen molar-refractivity contribution in [2.45, 2.75) is 39.7 Å². The summed E-state index contributed by atoms with van der Waals surface area (Å²) >= 11 is 0. The Morgan fingerprint density at radius 3 is 2.55 bits per heavy atom. The molecule has 0 amide bonds. The van der Waals surface area contributed by atoms with Crippen molar-refractivity contribution in [2.24, 2.45) is 0 Å². The van der Waals surface area contributed by atoms with E-state index < -0.39 is 0 Å². The highest BCUT2D eigenvalue weighted by Crippen LogP contribution is 2.34. The lowest BCUT2D eigenvalue weighted by Crippen LogP contribution is -2.12. The molecular formula is C17H21NO2. The molecule has 0 radical (unpaired) electrons. The number of rotatable bonds is 3. The summed E-state index contributed by atoms with van der Waals surface area (Å²) in [7, 11) is 0. The number of nitrogens with zero attached hydrogens (tertiary/aromatic N) is 1. The maximum absolute atomic E-state index is 9.14. The Labute approximate surface area is 120 Å². The van der Waals surface area contributed by atoms with Gasteiger partial charge in [0.1, 0.15) is 11.5 Å². The molecule has 0 aliphatic heterocycles. The van der Waals surface area contributed by atoms with Crippen LogP contribution >= 0.6 is 0 Å². The summed E-state index contributed by atoms with van der Waals surface area (Å²) in [4.78, 5) is 4.06. The quantitative estimate of drug-likeness (QED) is 0.918. The second-order valence-electron chi connectivity index (χ2n) is 5.99. The SMILES string of the molecule is Cc1ccc(C(C)(C)C)c(Oc2ccnc(CO)c2)c1. The molecule has 0 aliphatic carbocycles. The van der Waals surface area contributed by atoms with Crippen LogP contribution < -0.4 is 4.74 Å². The van der Waals surface area contributed by atoms with Gasteiger partial charge in [0.05, 0.1) is 12.3 Å². The van der Waals surface area contributed by atoms with E-state index in [-0.39, 0.29) is 12.0 Å². The lowest BCUT2D eigenvalue weighted by molar-refractivity contribution is 0.276. The topological polar surface area (TPSA) is 42.4 Å². The number of aryl methyl sites for hydroxylation is 1. The van der Waals surface area contributed by atoms with Gasteiger partial charge in [-0.15, -0.1) is 0 Å². The lowest BCUT2D eigenvalue weighted by atomic mass is 9.86. The molecule has 0 bridgehead atoms. The summed E-state index contributed by atoms with van der Waals surface area (Å²) in [5.41, 5.74) is 2.93. The Bertz CT molecular complexity index is 600. The number of hydrogen-bond donors (Lipinski definition) is 1. The molecule has 2 rings (SSSR count). The predicted octanol–water partition coefficient (Wildman–Crippen LogP) is 3.97. The smallest absolute Gasteiger partial charge is 0.131 e. The normalized spacial score (nSPS) is 11.4. The molecule has 1 aromatic carbocycles. The first-order chi connectivity index (χ1) is 9.40. The van der Waals surface area contributed by atoms with E-state index in [2.05, 4.69) is 37.9 Å². The van der Waals surface area contributed by atoms with Crippen LogP contribution in [0.2, 0.25) is 0 Å². The predicted molar refractivity (Wildman–Crippen MR) is 80.1 cm³/mol. The molecule has 0 aliphatic rings. The molecule has 1 aromatic heterocycles. The largest absolute Gasteiger partial charge is 0.457 e. The Hall–Kier alpha value is -1.87. The standard InChI is InChI=1S/C17H21NO2/c1-12-5-6-15(17(2,3)4)16(9-12)20-14-7-8-18-13(10-14)11-19/h5-10,19H,11H2,1-4H3. The van der Waals surface area contributed by atoms with Gasteiger partial charge in [-0.25, -0.2) is 0 Å². The number of pyridine rings is 1. The van der Waals surface area contributed by atoms with Crippen LogP contribution in [0, 0.1) is 6.92 Å². The van der Waals surface area contributed by atoms with Crippen LogP contribution in [0.25, 0.3) is 0 Å². The van der Waals surface area contributed by atoms with Gasteiger partial charge in [-0.05, 0) is 30.0 Å². The first kappa shape index (κ1) is 14.5. The lowest BCUT2D eigenvalue weighted by Gasteiger charge is -2.23. The van der Waals surface area contributed by atoms with Crippen LogP contribution in [0.3, 0.4) is 0 Å². The van der Waals surface area contributed by atoms with Gasteiger partial charge in [0.25, 0.3) is 0 Å². The van der Waals surface area contributed by atoms with Crippen LogP contribution in [0.1, 0.15) is 37.6 Å². The highest BCUT2D eigenvalue weighted by atomic mass is 16.5. The molecule has 0 unspecified atom stereocenters. The second kappa shape index (κ2) is 5.63. The second-order valence-corrected chi connectivity index (χ2v) is 5.99.